The van der Waals surface area contributed by atoms with Crippen LogP contribution < -0.4 is 0 Å². The summed E-state index contributed by atoms with van der Waals surface area (Å²) in [5, 5.41) is 0. The van der Waals surface area contributed by atoms with Gasteiger partial charge in [-0.3, -0.25) is 4.90 Å². The summed E-state index contributed by atoms with van der Waals surface area (Å²) in [4.78, 5) is 2.47. The molecule has 0 amide bonds. The monoisotopic (exact) mass is 253 g/mol. The Kier molecular flexibility index (Phi) is 6.01. The lowest BCUT2D eigenvalue weighted by molar-refractivity contribution is 0.280. The van der Waals surface area contributed by atoms with E-state index >= 15 is 0 Å². The third kappa shape index (κ3) is 4.33. The summed E-state index contributed by atoms with van der Waals surface area (Å²) in [6.07, 6.45) is 1.07. The van der Waals surface area contributed by atoms with Crippen LogP contribution in [0.1, 0.15) is 35.6 Å². The average Bonchev–Trinajstić information content (AvgIpc) is 2.27. The minimum atomic E-state index is 0.752. The predicted molar refractivity (Wildman–Crippen MR) is 76.9 cm³/mol. The highest BCUT2D eigenvalue weighted by Crippen LogP contribution is 2.18. The Hall–Kier alpha value is -0.530. The maximum absolute atomic E-state index is 5.76. The molecule has 0 aliphatic heterocycles. The fourth-order valence-corrected chi connectivity index (χ4v) is 2.43. The van der Waals surface area contributed by atoms with Gasteiger partial charge in [0.1, 0.15) is 0 Å². The third-order valence-corrected chi connectivity index (χ3v) is 3.54. The van der Waals surface area contributed by atoms with Gasteiger partial charge < -0.3 is 0 Å². The number of rotatable bonds is 6. The summed E-state index contributed by atoms with van der Waals surface area (Å²) in [6, 6.07) is 4.55. The van der Waals surface area contributed by atoms with E-state index in [0.29, 0.717) is 0 Å². The number of nitrogens with zero attached hydrogens (tertiary/aromatic N) is 1. The largest absolute Gasteiger partial charge is 0.299 e. The zero-order chi connectivity index (χ0) is 12.8. The smallest absolute Gasteiger partial charge is 0.0238 e. The quantitative estimate of drug-likeness (QED) is 0.691. The first kappa shape index (κ1) is 14.5. The Balaban J connectivity index is 2.78. The molecule has 1 aromatic carbocycles. The van der Waals surface area contributed by atoms with Gasteiger partial charge >= 0.3 is 0 Å². The predicted octanol–water partition coefficient (Wildman–Crippen LogP) is 4.06. The fourth-order valence-electron chi connectivity index (χ4n) is 2.32. The lowest BCUT2D eigenvalue weighted by atomic mass is 9.99. The van der Waals surface area contributed by atoms with Gasteiger partial charge in [0.2, 0.25) is 0 Å². The second-order valence-corrected chi connectivity index (χ2v) is 5.17. The van der Waals surface area contributed by atoms with Gasteiger partial charge in [0.25, 0.3) is 0 Å². The van der Waals surface area contributed by atoms with E-state index in [1.165, 1.54) is 22.3 Å². The molecule has 0 unspecified atom stereocenters. The lowest BCUT2D eigenvalue weighted by Crippen LogP contribution is -2.25. The Morgan fingerprint density at radius 1 is 1.12 bits per heavy atom. The number of hydrogen-bond donors (Lipinski definition) is 0. The molecule has 0 aliphatic rings. The van der Waals surface area contributed by atoms with Gasteiger partial charge in [0, 0.05) is 12.4 Å². The van der Waals surface area contributed by atoms with Crippen molar-refractivity contribution in [3.8, 4) is 0 Å². The Morgan fingerprint density at radius 2 is 1.71 bits per heavy atom. The second kappa shape index (κ2) is 7.03. The Labute approximate surface area is 111 Å². The van der Waals surface area contributed by atoms with Crippen molar-refractivity contribution in [1.82, 2.24) is 4.90 Å². The number of alkyl halides is 1. The highest BCUT2D eigenvalue weighted by atomic mass is 35.5. The molecular weight excluding hydrogens is 230 g/mol. The number of aryl methyl sites for hydroxylation is 3. The topological polar surface area (TPSA) is 3.24 Å². The van der Waals surface area contributed by atoms with Crippen molar-refractivity contribution in [3.05, 3.63) is 34.4 Å². The minimum Gasteiger partial charge on any atom is -0.299 e. The highest BCUT2D eigenvalue weighted by Gasteiger charge is 2.08. The summed E-state index contributed by atoms with van der Waals surface area (Å²) < 4.78 is 0. The Bertz CT molecular complexity index is 337. The van der Waals surface area contributed by atoms with Crippen LogP contribution in [0.5, 0.6) is 0 Å². The molecule has 1 nitrogen and oxygen atoms in total. The summed E-state index contributed by atoms with van der Waals surface area (Å²) >= 11 is 5.76. The molecule has 0 bridgehead atoms. The van der Waals surface area contributed by atoms with Crippen LogP contribution in [-0.4, -0.2) is 23.9 Å². The van der Waals surface area contributed by atoms with Gasteiger partial charge in [-0.2, -0.15) is 0 Å². The lowest BCUT2D eigenvalue weighted by Gasteiger charge is -2.22. The summed E-state index contributed by atoms with van der Waals surface area (Å²) in [5.74, 6) is 0.752. The molecule has 0 N–H and O–H groups in total. The van der Waals surface area contributed by atoms with E-state index in [2.05, 4.69) is 44.7 Å². The van der Waals surface area contributed by atoms with Crippen LogP contribution in [0.2, 0.25) is 0 Å². The Morgan fingerprint density at radius 3 is 2.18 bits per heavy atom. The molecule has 0 saturated carbocycles. The normalized spacial score (nSPS) is 11.2. The molecule has 17 heavy (non-hydrogen) atoms. The summed E-state index contributed by atoms with van der Waals surface area (Å²) in [6.45, 7) is 12.0. The molecule has 0 spiro atoms. The molecule has 0 saturated heterocycles. The zero-order valence-corrected chi connectivity index (χ0v) is 12.3. The van der Waals surface area contributed by atoms with Crippen LogP contribution in [0.3, 0.4) is 0 Å². The third-order valence-electron chi connectivity index (χ3n) is 3.28. The van der Waals surface area contributed by atoms with E-state index in [4.69, 9.17) is 11.6 Å². The van der Waals surface area contributed by atoms with Crippen LogP contribution in [0.4, 0.5) is 0 Å². The molecule has 1 aromatic rings. The van der Waals surface area contributed by atoms with Crippen LogP contribution in [0, 0.1) is 20.8 Å². The molecule has 0 fully saturated rings. The van der Waals surface area contributed by atoms with Gasteiger partial charge in [-0.05, 0) is 57.0 Å². The van der Waals surface area contributed by atoms with E-state index in [1.807, 2.05) is 0 Å². The molecule has 0 aliphatic carbocycles. The molecule has 2 heteroatoms. The van der Waals surface area contributed by atoms with Crippen molar-refractivity contribution >= 4 is 11.6 Å². The van der Waals surface area contributed by atoms with Gasteiger partial charge in [-0.15, -0.1) is 11.6 Å². The van der Waals surface area contributed by atoms with Crippen LogP contribution in [-0.2, 0) is 6.54 Å². The van der Waals surface area contributed by atoms with Crippen molar-refractivity contribution < 1.29 is 0 Å². The molecule has 0 atom stereocenters. The molecule has 0 heterocycles. The van der Waals surface area contributed by atoms with Crippen LogP contribution in [0.25, 0.3) is 0 Å². The first-order chi connectivity index (χ1) is 8.08. The van der Waals surface area contributed by atoms with Crippen LogP contribution in [0.15, 0.2) is 12.1 Å². The van der Waals surface area contributed by atoms with Gasteiger partial charge in [-0.25, -0.2) is 0 Å². The zero-order valence-electron chi connectivity index (χ0n) is 11.5. The maximum atomic E-state index is 5.76. The van der Waals surface area contributed by atoms with Crippen molar-refractivity contribution in [3.63, 3.8) is 0 Å². The van der Waals surface area contributed by atoms with Crippen molar-refractivity contribution in [2.45, 2.75) is 40.7 Å². The van der Waals surface area contributed by atoms with E-state index in [0.717, 1.165) is 31.9 Å². The minimum absolute atomic E-state index is 0.752. The van der Waals surface area contributed by atoms with Crippen molar-refractivity contribution in [2.24, 2.45) is 0 Å². The standard InChI is InChI=1S/C15H24ClN/c1-5-17(8-6-7-16)11-15-13(3)9-12(2)10-14(15)4/h9-10H,5-8,11H2,1-4H3. The number of hydrogen-bond acceptors (Lipinski definition) is 1. The molecular formula is C15H24ClN. The molecule has 0 aromatic heterocycles. The van der Waals surface area contributed by atoms with Gasteiger partial charge in [0.05, 0.1) is 0 Å². The van der Waals surface area contributed by atoms with E-state index in [-0.39, 0.29) is 0 Å². The number of halogens is 1. The van der Waals surface area contributed by atoms with Gasteiger partial charge in [-0.1, -0.05) is 24.6 Å². The second-order valence-electron chi connectivity index (χ2n) is 4.79. The van der Waals surface area contributed by atoms with Crippen LogP contribution >= 0.6 is 11.6 Å². The van der Waals surface area contributed by atoms with Gasteiger partial charge in [0.15, 0.2) is 0 Å². The molecule has 96 valence electrons. The molecule has 0 radical (unpaired) electrons. The maximum Gasteiger partial charge on any atom is 0.0238 e. The van der Waals surface area contributed by atoms with Crippen molar-refractivity contribution in [2.75, 3.05) is 19.0 Å². The van der Waals surface area contributed by atoms with E-state index in [9.17, 15) is 0 Å². The first-order valence-corrected chi connectivity index (χ1v) is 6.97. The summed E-state index contributed by atoms with van der Waals surface area (Å²) in [7, 11) is 0. The SMILES string of the molecule is CCN(CCCCl)Cc1c(C)cc(C)cc1C. The first-order valence-electron chi connectivity index (χ1n) is 6.43. The fraction of sp³-hybridized carbons (Fsp3) is 0.600. The molecule has 1 rings (SSSR count). The summed E-state index contributed by atoms with van der Waals surface area (Å²) in [5.41, 5.74) is 5.65. The average molecular weight is 254 g/mol. The highest BCUT2D eigenvalue weighted by molar-refractivity contribution is 6.17. The van der Waals surface area contributed by atoms with E-state index < -0.39 is 0 Å². The number of benzene rings is 1. The van der Waals surface area contributed by atoms with Crippen molar-refractivity contribution in [1.29, 1.82) is 0 Å². The van der Waals surface area contributed by atoms with E-state index in [1.54, 1.807) is 0 Å².